The Kier molecular flexibility index (Phi) is 4.39. The topological polar surface area (TPSA) is 57.3 Å². The van der Waals surface area contributed by atoms with E-state index in [0.29, 0.717) is 12.5 Å². The van der Waals surface area contributed by atoms with Crippen LogP contribution < -0.4 is 5.32 Å². The van der Waals surface area contributed by atoms with Crippen molar-refractivity contribution in [2.75, 3.05) is 19.8 Å². The van der Waals surface area contributed by atoms with Crippen LogP contribution in [0.2, 0.25) is 0 Å². The zero-order valence-electron chi connectivity index (χ0n) is 9.48. The second-order valence-corrected chi connectivity index (χ2v) is 4.37. The van der Waals surface area contributed by atoms with Crippen molar-refractivity contribution in [1.82, 2.24) is 10.3 Å². The molecule has 4 nitrogen and oxygen atoms in total. The van der Waals surface area contributed by atoms with Gasteiger partial charge in [-0.05, 0) is 30.4 Å². The standard InChI is InChI=1S/C12H20N2O2/c15-12(11-2-5-16-6-3-11)9-14-8-10-1-4-13-7-10/h1,4,7,11-15H,2-3,5-6,8-9H2. The summed E-state index contributed by atoms with van der Waals surface area (Å²) in [6.45, 7) is 3.05. The monoisotopic (exact) mass is 224 g/mol. The van der Waals surface area contributed by atoms with Crippen molar-refractivity contribution in [3.8, 4) is 0 Å². The smallest absolute Gasteiger partial charge is 0.0694 e. The second kappa shape index (κ2) is 6.03. The van der Waals surface area contributed by atoms with E-state index in [1.54, 1.807) is 0 Å². The van der Waals surface area contributed by atoms with E-state index in [1.165, 1.54) is 5.56 Å². The quantitative estimate of drug-likeness (QED) is 0.696. The predicted molar refractivity (Wildman–Crippen MR) is 62.0 cm³/mol. The van der Waals surface area contributed by atoms with E-state index in [4.69, 9.17) is 4.74 Å². The van der Waals surface area contributed by atoms with Crippen LogP contribution in [-0.4, -0.2) is 36.0 Å². The summed E-state index contributed by atoms with van der Waals surface area (Å²) >= 11 is 0. The number of aromatic amines is 1. The summed E-state index contributed by atoms with van der Waals surface area (Å²) in [6.07, 6.45) is 5.59. The van der Waals surface area contributed by atoms with Crippen molar-refractivity contribution in [1.29, 1.82) is 0 Å². The molecular weight excluding hydrogens is 204 g/mol. The second-order valence-electron chi connectivity index (χ2n) is 4.37. The Morgan fingerprint density at radius 3 is 3.00 bits per heavy atom. The number of hydrogen-bond donors (Lipinski definition) is 3. The molecule has 0 saturated carbocycles. The summed E-state index contributed by atoms with van der Waals surface area (Å²) in [4.78, 5) is 3.01. The van der Waals surface area contributed by atoms with Gasteiger partial charge in [0.2, 0.25) is 0 Å². The average Bonchev–Trinajstić information content (AvgIpc) is 2.83. The maximum Gasteiger partial charge on any atom is 0.0694 e. The van der Waals surface area contributed by atoms with Crippen molar-refractivity contribution >= 4 is 0 Å². The summed E-state index contributed by atoms with van der Waals surface area (Å²) < 4.78 is 5.28. The van der Waals surface area contributed by atoms with Gasteiger partial charge in [-0.3, -0.25) is 0 Å². The first-order chi connectivity index (χ1) is 7.86. The molecule has 1 saturated heterocycles. The van der Waals surface area contributed by atoms with Gasteiger partial charge in [-0.2, -0.15) is 0 Å². The number of aromatic nitrogens is 1. The van der Waals surface area contributed by atoms with Crippen LogP contribution in [0.5, 0.6) is 0 Å². The molecular formula is C12H20N2O2. The van der Waals surface area contributed by atoms with Crippen LogP contribution >= 0.6 is 0 Å². The molecule has 1 fully saturated rings. The molecule has 4 heteroatoms. The van der Waals surface area contributed by atoms with Crippen molar-refractivity contribution in [3.05, 3.63) is 24.0 Å². The lowest BCUT2D eigenvalue weighted by Gasteiger charge is -2.26. The molecule has 1 unspecified atom stereocenters. The number of rotatable bonds is 5. The molecule has 16 heavy (non-hydrogen) atoms. The molecule has 3 N–H and O–H groups in total. The lowest BCUT2D eigenvalue weighted by Crippen LogP contribution is -2.35. The fraction of sp³-hybridized carbons (Fsp3) is 0.667. The lowest BCUT2D eigenvalue weighted by molar-refractivity contribution is 0.00846. The number of hydrogen-bond acceptors (Lipinski definition) is 3. The Balaban J connectivity index is 1.65. The maximum atomic E-state index is 9.98. The van der Waals surface area contributed by atoms with Crippen LogP contribution in [0.4, 0.5) is 0 Å². The molecule has 2 heterocycles. The molecule has 0 amide bonds. The van der Waals surface area contributed by atoms with E-state index < -0.39 is 0 Å². The van der Waals surface area contributed by atoms with Gasteiger partial charge in [0.15, 0.2) is 0 Å². The van der Waals surface area contributed by atoms with Crippen LogP contribution in [0.3, 0.4) is 0 Å². The van der Waals surface area contributed by atoms with Gasteiger partial charge in [0.05, 0.1) is 6.10 Å². The Bertz CT molecular complexity index is 281. The summed E-state index contributed by atoms with van der Waals surface area (Å²) in [5.41, 5.74) is 1.22. The number of nitrogens with one attached hydrogen (secondary N) is 2. The predicted octanol–water partition coefficient (Wildman–Crippen LogP) is 0.892. The number of H-pyrrole nitrogens is 1. The molecule has 0 aliphatic carbocycles. The van der Waals surface area contributed by atoms with Crippen LogP contribution in [0.1, 0.15) is 18.4 Å². The molecule has 1 aliphatic heterocycles. The number of aliphatic hydroxyl groups excluding tert-OH is 1. The minimum Gasteiger partial charge on any atom is -0.392 e. The fourth-order valence-electron chi connectivity index (χ4n) is 2.10. The summed E-state index contributed by atoms with van der Waals surface area (Å²) in [5.74, 6) is 0.396. The molecule has 1 aromatic heterocycles. The van der Waals surface area contributed by atoms with E-state index in [0.717, 1.165) is 32.6 Å². The highest BCUT2D eigenvalue weighted by Gasteiger charge is 2.21. The highest BCUT2D eigenvalue weighted by atomic mass is 16.5. The Hall–Kier alpha value is -0.840. The zero-order valence-corrected chi connectivity index (χ0v) is 9.48. The van der Waals surface area contributed by atoms with Gasteiger partial charge in [0.1, 0.15) is 0 Å². The maximum absolute atomic E-state index is 9.98. The molecule has 1 aliphatic rings. The van der Waals surface area contributed by atoms with E-state index in [1.807, 2.05) is 18.5 Å². The van der Waals surface area contributed by atoms with Gasteiger partial charge in [0.25, 0.3) is 0 Å². The summed E-state index contributed by atoms with van der Waals surface area (Å²) in [5, 5.41) is 13.3. The largest absolute Gasteiger partial charge is 0.392 e. The third-order valence-corrected chi connectivity index (χ3v) is 3.16. The van der Waals surface area contributed by atoms with Gasteiger partial charge in [0, 0.05) is 38.7 Å². The first-order valence-electron chi connectivity index (χ1n) is 5.94. The molecule has 1 aromatic rings. The normalized spacial score (nSPS) is 19.8. The molecule has 1 atom stereocenters. The molecule has 0 radical (unpaired) electrons. The Morgan fingerprint density at radius 2 is 2.31 bits per heavy atom. The molecule has 90 valence electrons. The molecule has 0 spiro atoms. The molecule has 2 rings (SSSR count). The third kappa shape index (κ3) is 3.33. The highest BCUT2D eigenvalue weighted by molar-refractivity contribution is 5.07. The van der Waals surface area contributed by atoms with E-state index in [2.05, 4.69) is 10.3 Å². The first-order valence-corrected chi connectivity index (χ1v) is 5.94. The van der Waals surface area contributed by atoms with Crippen LogP contribution in [0.25, 0.3) is 0 Å². The Labute approximate surface area is 96.0 Å². The van der Waals surface area contributed by atoms with Crippen LogP contribution in [-0.2, 0) is 11.3 Å². The van der Waals surface area contributed by atoms with Gasteiger partial charge in [-0.15, -0.1) is 0 Å². The Morgan fingerprint density at radius 1 is 1.50 bits per heavy atom. The van der Waals surface area contributed by atoms with Gasteiger partial charge in [-0.1, -0.05) is 0 Å². The SMILES string of the molecule is OC(CNCc1cc[nH]c1)C1CCOCC1. The third-order valence-electron chi connectivity index (χ3n) is 3.16. The van der Waals surface area contributed by atoms with E-state index in [-0.39, 0.29) is 6.10 Å². The van der Waals surface area contributed by atoms with E-state index in [9.17, 15) is 5.11 Å². The molecule has 0 bridgehead atoms. The zero-order chi connectivity index (χ0) is 11.2. The van der Waals surface area contributed by atoms with Crippen LogP contribution in [0, 0.1) is 5.92 Å². The van der Waals surface area contributed by atoms with E-state index >= 15 is 0 Å². The van der Waals surface area contributed by atoms with Gasteiger partial charge in [-0.25, -0.2) is 0 Å². The van der Waals surface area contributed by atoms with Crippen molar-refractivity contribution < 1.29 is 9.84 Å². The average molecular weight is 224 g/mol. The molecule has 0 aromatic carbocycles. The van der Waals surface area contributed by atoms with Crippen molar-refractivity contribution in [2.45, 2.75) is 25.5 Å². The van der Waals surface area contributed by atoms with Crippen molar-refractivity contribution in [2.24, 2.45) is 5.92 Å². The minimum absolute atomic E-state index is 0.247. The van der Waals surface area contributed by atoms with Gasteiger partial charge < -0.3 is 20.1 Å². The number of ether oxygens (including phenoxy) is 1. The highest BCUT2D eigenvalue weighted by Crippen LogP contribution is 2.18. The minimum atomic E-state index is -0.247. The summed E-state index contributed by atoms with van der Waals surface area (Å²) in [6, 6.07) is 2.04. The fourth-order valence-corrected chi connectivity index (χ4v) is 2.10. The number of aliphatic hydroxyl groups is 1. The van der Waals surface area contributed by atoms with Crippen molar-refractivity contribution in [3.63, 3.8) is 0 Å². The van der Waals surface area contributed by atoms with Crippen LogP contribution in [0.15, 0.2) is 18.5 Å². The summed E-state index contributed by atoms with van der Waals surface area (Å²) in [7, 11) is 0. The lowest BCUT2D eigenvalue weighted by atomic mass is 9.94. The van der Waals surface area contributed by atoms with Gasteiger partial charge >= 0.3 is 0 Å². The first kappa shape index (κ1) is 11.6.